The summed E-state index contributed by atoms with van der Waals surface area (Å²) in [6.45, 7) is 2.12. The smallest absolute Gasteiger partial charge is 0.311 e. The Kier molecular flexibility index (Phi) is 2.95. The lowest BCUT2D eigenvalue weighted by Gasteiger charge is -2.09. The van der Waals surface area contributed by atoms with Gasteiger partial charge in [0, 0.05) is 6.07 Å². The number of nitrogens with one attached hydrogen (secondary N) is 1. The zero-order valence-electron chi connectivity index (χ0n) is 9.53. The topological polar surface area (TPSA) is 99.6 Å². The van der Waals surface area contributed by atoms with Gasteiger partial charge in [-0.25, -0.2) is 0 Å². The molecule has 1 aromatic rings. The average molecular weight is 237 g/mol. The third-order valence-corrected chi connectivity index (χ3v) is 2.43. The molecule has 1 aliphatic heterocycles. The molecule has 0 saturated heterocycles. The standard InChI is InChI=1S/C11H15N3O3/c1-2-16-11(15)5-10-14-8-3-6(12)7(13)4-9(8)17-10/h3-4,10,14H,2,5,12-13H2,1H3. The molecule has 0 saturated carbocycles. The van der Waals surface area contributed by atoms with Crippen molar-refractivity contribution in [2.24, 2.45) is 0 Å². The largest absolute Gasteiger partial charge is 0.468 e. The van der Waals surface area contributed by atoms with Gasteiger partial charge in [0.05, 0.1) is 23.7 Å². The van der Waals surface area contributed by atoms with Crippen molar-refractivity contribution in [3.05, 3.63) is 12.1 Å². The summed E-state index contributed by atoms with van der Waals surface area (Å²) in [5.74, 6) is 0.296. The molecule has 0 fully saturated rings. The van der Waals surface area contributed by atoms with E-state index in [1.807, 2.05) is 0 Å². The van der Waals surface area contributed by atoms with Crippen molar-refractivity contribution in [3.8, 4) is 5.75 Å². The Balaban J connectivity index is 2.04. The second-order valence-electron chi connectivity index (χ2n) is 3.74. The maximum absolute atomic E-state index is 11.3. The first-order valence-corrected chi connectivity index (χ1v) is 5.38. The van der Waals surface area contributed by atoms with Crippen molar-refractivity contribution in [3.63, 3.8) is 0 Å². The molecule has 1 heterocycles. The van der Waals surface area contributed by atoms with Crippen LogP contribution in [0.15, 0.2) is 12.1 Å². The molecule has 0 radical (unpaired) electrons. The van der Waals surface area contributed by atoms with E-state index in [9.17, 15) is 4.79 Å². The predicted octanol–water partition coefficient (Wildman–Crippen LogP) is 0.935. The van der Waals surface area contributed by atoms with Crippen molar-refractivity contribution in [2.45, 2.75) is 19.6 Å². The minimum absolute atomic E-state index is 0.141. The Morgan fingerprint density at radius 1 is 1.47 bits per heavy atom. The second-order valence-corrected chi connectivity index (χ2v) is 3.74. The van der Waals surface area contributed by atoms with Crippen molar-refractivity contribution >= 4 is 23.0 Å². The van der Waals surface area contributed by atoms with E-state index < -0.39 is 6.23 Å². The lowest BCUT2D eigenvalue weighted by Crippen LogP contribution is -2.25. The molecule has 0 bridgehead atoms. The molecule has 92 valence electrons. The van der Waals surface area contributed by atoms with E-state index in [2.05, 4.69) is 5.32 Å². The van der Waals surface area contributed by atoms with Gasteiger partial charge in [0.25, 0.3) is 0 Å². The van der Waals surface area contributed by atoms with Crippen LogP contribution in [0.4, 0.5) is 17.1 Å². The number of anilines is 3. The molecular weight excluding hydrogens is 222 g/mol. The SMILES string of the molecule is CCOC(=O)CC1Nc2cc(N)c(N)cc2O1. The third kappa shape index (κ3) is 2.35. The molecule has 0 amide bonds. The van der Waals surface area contributed by atoms with E-state index in [1.54, 1.807) is 19.1 Å². The summed E-state index contributed by atoms with van der Waals surface area (Å²) in [4.78, 5) is 11.3. The van der Waals surface area contributed by atoms with Crippen LogP contribution in [0.5, 0.6) is 5.75 Å². The first-order chi connectivity index (χ1) is 8.10. The number of esters is 1. The molecule has 0 spiro atoms. The van der Waals surface area contributed by atoms with Crippen LogP contribution >= 0.6 is 0 Å². The molecule has 1 atom stereocenters. The summed E-state index contributed by atoms with van der Waals surface area (Å²) in [5, 5.41) is 3.03. The van der Waals surface area contributed by atoms with Crippen molar-refractivity contribution in [2.75, 3.05) is 23.4 Å². The van der Waals surface area contributed by atoms with Crippen LogP contribution < -0.4 is 21.5 Å². The number of nitrogens with two attached hydrogens (primary N) is 2. The molecule has 1 aliphatic rings. The first kappa shape index (κ1) is 11.4. The fourth-order valence-corrected chi connectivity index (χ4v) is 1.64. The fraction of sp³-hybridized carbons (Fsp3) is 0.364. The molecule has 1 aromatic carbocycles. The molecule has 5 N–H and O–H groups in total. The molecule has 0 aliphatic carbocycles. The van der Waals surface area contributed by atoms with Crippen LogP contribution in [0.2, 0.25) is 0 Å². The van der Waals surface area contributed by atoms with Crippen LogP contribution in [0.3, 0.4) is 0 Å². The molecule has 6 nitrogen and oxygen atoms in total. The summed E-state index contributed by atoms with van der Waals surface area (Å²) in [6.07, 6.45) is -0.284. The predicted molar refractivity (Wildman–Crippen MR) is 64.6 cm³/mol. The molecule has 0 aromatic heterocycles. The van der Waals surface area contributed by atoms with Gasteiger partial charge in [-0.15, -0.1) is 0 Å². The van der Waals surface area contributed by atoms with Crippen LogP contribution in [0.25, 0.3) is 0 Å². The minimum Gasteiger partial charge on any atom is -0.468 e. The number of hydrogen-bond acceptors (Lipinski definition) is 6. The van der Waals surface area contributed by atoms with Crippen molar-refractivity contribution < 1.29 is 14.3 Å². The van der Waals surface area contributed by atoms with Crippen molar-refractivity contribution in [1.82, 2.24) is 0 Å². The number of nitrogen functional groups attached to an aromatic ring is 2. The van der Waals surface area contributed by atoms with Gasteiger partial charge in [-0.2, -0.15) is 0 Å². The summed E-state index contributed by atoms with van der Waals surface area (Å²) >= 11 is 0. The quantitative estimate of drug-likeness (QED) is 0.534. The highest BCUT2D eigenvalue weighted by Gasteiger charge is 2.25. The van der Waals surface area contributed by atoms with Crippen LogP contribution in [-0.2, 0) is 9.53 Å². The van der Waals surface area contributed by atoms with E-state index in [-0.39, 0.29) is 12.4 Å². The lowest BCUT2D eigenvalue weighted by atomic mass is 10.2. The number of rotatable bonds is 3. The van der Waals surface area contributed by atoms with Gasteiger partial charge in [0.15, 0.2) is 6.23 Å². The minimum atomic E-state index is -0.426. The molecule has 6 heteroatoms. The van der Waals surface area contributed by atoms with Crippen LogP contribution in [0.1, 0.15) is 13.3 Å². The maximum atomic E-state index is 11.3. The average Bonchev–Trinajstić information content (AvgIpc) is 2.60. The Morgan fingerprint density at radius 2 is 2.18 bits per heavy atom. The zero-order valence-corrected chi connectivity index (χ0v) is 9.53. The van der Waals surface area contributed by atoms with E-state index in [1.165, 1.54) is 0 Å². The first-order valence-electron chi connectivity index (χ1n) is 5.38. The third-order valence-electron chi connectivity index (χ3n) is 2.43. The number of ether oxygens (including phenoxy) is 2. The number of benzene rings is 1. The maximum Gasteiger partial charge on any atom is 0.311 e. The van der Waals surface area contributed by atoms with Gasteiger partial charge in [0.2, 0.25) is 0 Å². The number of carbonyl (C=O) groups excluding carboxylic acids is 1. The van der Waals surface area contributed by atoms with E-state index in [0.29, 0.717) is 23.7 Å². The summed E-state index contributed by atoms with van der Waals surface area (Å²) < 4.78 is 10.4. The summed E-state index contributed by atoms with van der Waals surface area (Å²) in [5.41, 5.74) is 13.0. The lowest BCUT2D eigenvalue weighted by molar-refractivity contribution is -0.144. The summed E-state index contributed by atoms with van der Waals surface area (Å²) in [6, 6.07) is 3.33. The van der Waals surface area contributed by atoms with Gasteiger partial charge >= 0.3 is 5.97 Å². The number of hydrogen-bond donors (Lipinski definition) is 3. The van der Waals surface area contributed by atoms with Gasteiger partial charge in [0.1, 0.15) is 12.2 Å². The second kappa shape index (κ2) is 4.40. The molecule has 2 rings (SSSR count). The van der Waals surface area contributed by atoms with Gasteiger partial charge < -0.3 is 26.3 Å². The molecule has 17 heavy (non-hydrogen) atoms. The Morgan fingerprint density at radius 3 is 2.88 bits per heavy atom. The normalized spacial score (nSPS) is 16.9. The van der Waals surface area contributed by atoms with E-state index in [0.717, 1.165) is 5.69 Å². The van der Waals surface area contributed by atoms with Crippen LogP contribution in [0, 0.1) is 0 Å². The fourth-order valence-electron chi connectivity index (χ4n) is 1.64. The Labute approximate surface area is 98.9 Å². The van der Waals surface area contributed by atoms with Gasteiger partial charge in [-0.05, 0) is 13.0 Å². The Bertz CT molecular complexity index is 417. The zero-order chi connectivity index (χ0) is 12.4. The van der Waals surface area contributed by atoms with E-state index in [4.69, 9.17) is 20.9 Å². The number of fused-ring (bicyclic) bond motifs is 1. The highest BCUT2D eigenvalue weighted by molar-refractivity contribution is 5.77. The highest BCUT2D eigenvalue weighted by Crippen LogP contribution is 2.37. The molecule has 1 unspecified atom stereocenters. The van der Waals surface area contributed by atoms with Gasteiger partial charge in [-0.3, -0.25) is 4.79 Å². The number of carbonyl (C=O) groups is 1. The van der Waals surface area contributed by atoms with Crippen molar-refractivity contribution in [1.29, 1.82) is 0 Å². The van der Waals surface area contributed by atoms with E-state index >= 15 is 0 Å². The molecular formula is C11H15N3O3. The highest BCUT2D eigenvalue weighted by atomic mass is 16.5. The monoisotopic (exact) mass is 237 g/mol. The summed E-state index contributed by atoms with van der Waals surface area (Å²) in [7, 11) is 0. The van der Waals surface area contributed by atoms with Crippen LogP contribution in [-0.4, -0.2) is 18.8 Å². The Hall–Kier alpha value is -2.11. The van der Waals surface area contributed by atoms with Gasteiger partial charge in [-0.1, -0.05) is 0 Å².